The van der Waals surface area contributed by atoms with Gasteiger partial charge in [-0.15, -0.1) is 0 Å². The minimum Gasteiger partial charge on any atom is -0.481 e. The van der Waals surface area contributed by atoms with Gasteiger partial charge in [0.15, 0.2) is 0 Å². The first kappa shape index (κ1) is 13.5. The molecule has 2 N–H and O–H groups in total. The number of carbonyl (C=O) groups excluding carboxylic acids is 1. The van der Waals surface area contributed by atoms with Crippen molar-refractivity contribution in [2.24, 2.45) is 0 Å². The molecule has 104 valence electrons. The molecule has 7 nitrogen and oxygen atoms in total. The average Bonchev–Trinajstić information content (AvgIpc) is 2.91. The molecule has 0 bridgehead atoms. The molecule has 1 fully saturated rings. The SMILES string of the molecule is CN(C(=O)c1ncn[nH]1)C1(CC(=O)O)CCCCC1. The highest BCUT2D eigenvalue weighted by Crippen LogP contribution is 2.36. The van der Waals surface area contributed by atoms with Crippen molar-refractivity contribution in [3.05, 3.63) is 12.2 Å². The van der Waals surface area contributed by atoms with Crippen molar-refractivity contribution in [1.82, 2.24) is 20.1 Å². The summed E-state index contributed by atoms with van der Waals surface area (Å²) in [6, 6.07) is 0. The summed E-state index contributed by atoms with van der Waals surface area (Å²) in [7, 11) is 1.65. The Kier molecular flexibility index (Phi) is 3.82. The van der Waals surface area contributed by atoms with Crippen molar-refractivity contribution >= 4 is 11.9 Å². The number of hydrogen-bond donors (Lipinski definition) is 2. The molecule has 0 atom stereocenters. The number of aromatic nitrogens is 3. The number of aromatic amines is 1. The van der Waals surface area contributed by atoms with E-state index in [1.165, 1.54) is 11.2 Å². The molecule has 0 saturated heterocycles. The lowest BCUT2D eigenvalue weighted by Crippen LogP contribution is -2.52. The van der Waals surface area contributed by atoms with Gasteiger partial charge in [-0.25, -0.2) is 4.98 Å². The van der Waals surface area contributed by atoms with Crippen LogP contribution in [0.2, 0.25) is 0 Å². The second-order valence-corrected chi connectivity index (χ2v) is 5.05. The number of nitrogens with zero attached hydrogens (tertiary/aromatic N) is 3. The van der Waals surface area contributed by atoms with Crippen LogP contribution in [-0.4, -0.2) is 49.7 Å². The van der Waals surface area contributed by atoms with Crippen LogP contribution in [0.4, 0.5) is 0 Å². The summed E-state index contributed by atoms with van der Waals surface area (Å²) in [5.41, 5.74) is -0.603. The topological polar surface area (TPSA) is 99.2 Å². The van der Waals surface area contributed by atoms with Gasteiger partial charge in [0.05, 0.1) is 12.0 Å². The van der Waals surface area contributed by atoms with E-state index in [1.54, 1.807) is 7.05 Å². The van der Waals surface area contributed by atoms with Gasteiger partial charge in [0.2, 0.25) is 5.82 Å². The monoisotopic (exact) mass is 266 g/mol. The molecule has 0 radical (unpaired) electrons. The van der Waals surface area contributed by atoms with E-state index >= 15 is 0 Å². The number of carboxylic acids is 1. The average molecular weight is 266 g/mol. The molecule has 1 heterocycles. The Morgan fingerprint density at radius 1 is 1.42 bits per heavy atom. The first-order chi connectivity index (χ1) is 9.05. The van der Waals surface area contributed by atoms with Crippen LogP contribution in [0.1, 0.15) is 49.1 Å². The first-order valence-electron chi connectivity index (χ1n) is 6.40. The van der Waals surface area contributed by atoms with Gasteiger partial charge in [0, 0.05) is 7.05 Å². The molecular weight excluding hydrogens is 248 g/mol. The third-order valence-corrected chi connectivity index (χ3v) is 3.90. The van der Waals surface area contributed by atoms with Gasteiger partial charge in [-0.3, -0.25) is 14.7 Å². The Morgan fingerprint density at radius 3 is 2.63 bits per heavy atom. The molecule has 1 amide bonds. The highest BCUT2D eigenvalue weighted by Gasteiger charge is 2.41. The molecular formula is C12H18N4O3. The number of nitrogens with one attached hydrogen (secondary N) is 1. The molecule has 1 saturated carbocycles. The molecule has 1 aromatic rings. The molecule has 1 aliphatic carbocycles. The fraction of sp³-hybridized carbons (Fsp3) is 0.667. The van der Waals surface area contributed by atoms with Crippen LogP contribution in [0.3, 0.4) is 0 Å². The summed E-state index contributed by atoms with van der Waals surface area (Å²) in [5, 5.41) is 15.3. The second-order valence-electron chi connectivity index (χ2n) is 5.05. The Morgan fingerprint density at radius 2 is 2.11 bits per heavy atom. The van der Waals surface area contributed by atoms with Crippen LogP contribution in [0, 0.1) is 0 Å². The maximum atomic E-state index is 12.3. The number of carbonyl (C=O) groups is 2. The highest BCUT2D eigenvalue weighted by atomic mass is 16.4. The lowest BCUT2D eigenvalue weighted by Gasteiger charge is -2.43. The minimum atomic E-state index is -0.876. The fourth-order valence-electron chi connectivity index (χ4n) is 2.80. The summed E-state index contributed by atoms with van der Waals surface area (Å²) in [4.78, 5) is 28.8. The van der Waals surface area contributed by atoms with Crippen LogP contribution < -0.4 is 0 Å². The molecule has 0 spiro atoms. The van der Waals surface area contributed by atoms with Crippen molar-refractivity contribution in [1.29, 1.82) is 0 Å². The molecule has 1 aromatic heterocycles. The van der Waals surface area contributed by atoms with E-state index in [2.05, 4.69) is 15.2 Å². The van der Waals surface area contributed by atoms with Gasteiger partial charge in [-0.05, 0) is 12.8 Å². The summed E-state index contributed by atoms with van der Waals surface area (Å²) in [5.74, 6) is -1.03. The smallest absolute Gasteiger partial charge is 0.305 e. The number of H-pyrrole nitrogens is 1. The summed E-state index contributed by atoms with van der Waals surface area (Å²) in [6.07, 6.45) is 5.66. The summed E-state index contributed by atoms with van der Waals surface area (Å²) in [6.45, 7) is 0. The molecule has 7 heteroatoms. The zero-order valence-electron chi connectivity index (χ0n) is 10.9. The van der Waals surface area contributed by atoms with Gasteiger partial charge >= 0.3 is 5.97 Å². The van der Waals surface area contributed by atoms with Crippen molar-refractivity contribution in [3.8, 4) is 0 Å². The predicted octanol–water partition coefficient (Wildman–Crippen LogP) is 1.05. The largest absolute Gasteiger partial charge is 0.481 e. The van der Waals surface area contributed by atoms with E-state index < -0.39 is 11.5 Å². The quantitative estimate of drug-likeness (QED) is 0.848. The molecule has 19 heavy (non-hydrogen) atoms. The second kappa shape index (κ2) is 5.38. The number of amides is 1. The van der Waals surface area contributed by atoms with Gasteiger partial charge in [0.1, 0.15) is 6.33 Å². The highest BCUT2D eigenvalue weighted by molar-refractivity contribution is 5.91. The van der Waals surface area contributed by atoms with Gasteiger partial charge in [-0.1, -0.05) is 19.3 Å². The standard InChI is InChI=1S/C12H18N4O3/c1-16(11(19)10-13-8-14-15-10)12(7-9(17)18)5-3-2-4-6-12/h8H,2-7H2,1H3,(H,17,18)(H,13,14,15). The third-order valence-electron chi connectivity index (χ3n) is 3.90. The third kappa shape index (κ3) is 2.74. The van der Waals surface area contributed by atoms with Crippen molar-refractivity contribution in [3.63, 3.8) is 0 Å². The Bertz CT molecular complexity index is 452. The van der Waals surface area contributed by atoms with E-state index in [9.17, 15) is 9.59 Å². The van der Waals surface area contributed by atoms with Crippen molar-refractivity contribution in [2.75, 3.05) is 7.05 Å². The lowest BCUT2D eigenvalue weighted by molar-refractivity contribution is -0.140. The molecule has 0 aromatic carbocycles. The van der Waals surface area contributed by atoms with Gasteiger partial charge < -0.3 is 10.0 Å². The number of rotatable bonds is 4. The minimum absolute atomic E-state index is 0.0244. The van der Waals surface area contributed by atoms with Crippen LogP contribution in [-0.2, 0) is 4.79 Å². The van der Waals surface area contributed by atoms with E-state index in [0.29, 0.717) is 0 Å². The number of carboxylic acid groups (broad SMARTS) is 1. The first-order valence-corrected chi connectivity index (χ1v) is 6.40. The van der Waals surface area contributed by atoms with Crippen LogP contribution in [0.15, 0.2) is 6.33 Å². The number of hydrogen-bond acceptors (Lipinski definition) is 4. The van der Waals surface area contributed by atoms with Crippen molar-refractivity contribution < 1.29 is 14.7 Å². The zero-order chi connectivity index (χ0) is 13.9. The number of aliphatic carboxylic acids is 1. The van der Waals surface area contributed by atoms with Crippen molar-refractivity contribution in [2.45, 2.75) is 44.1 Å². The summed E-state index contributed by atoms with van der Waals surface area (Å²) >= 11 is 0. The van der Waals surface area contributed by atoms with E-state index in [1.807, 2.05) is 0 Å². The van der Waals surface area contributed by atoms with E-state index in [-0.39, 0.29) is 18.2 Å². The lowest BCUT2D eigenvalue weighted by atomic mass is 9.78. The maximum absolute atomic E-state index is 12.3. The molecule has 0 unspecified atom stereocenters. The summed E-state index contributed by atoms with van der Waals surface area (Å²) < 4.78 is 0. The van der Waals surface area contributed by atoms with Crippen LogP contribution in [0.25, 0.3) is 0 Å². The maximum Gasteiger partial charge on any atom is 0.305 e. The van der Waals surface area contributed by atoms with E-state index in [4.69, 9.17) is 5.11 Å². The Labute approximate surface area is 111 Å². The van der Waals surface area contributed by atoms with Crippen LogP contribution >= 0.6 is 0 Å². The zero-order valence-corrected chi connectivity index (χ0v) is 10.9. The Balaban J connectivity index is 2.22. The predicted molar refractivity (Wildman–Crippen MR) is 66.5 cm³/mol. The fourth-order valence-corrected chi connectivity index (χ4v) is 2.80. The Hall–Kier alpha value is -1.92. The molecule has 2 rings (SSSR count). The normalized spacial score (nSPS) is 17.9. The molecule has 1 aliphatic rings. The molecule has 0 aliphatic heterocycles. The van der Waals surface area contributed by atoms with Gasteiger partial charge in [-0.2, -0.15) is 5.10 Å². The van der Waals surface area contributed by atoms with Crippen LogP contribution in [0.5, 0.6) is 0 Å². The van der Waals surface area contributed by atoms with Gasteiger partial charge in [0.25, 0.3) is 5.91 Å². The van der Waals surface area contributed by atoms with E-state index in [0.717, 1.165) is 32.1 Å².